The number of hydrogen-bond donors (Lipinski definition) is 2. The van der Waals surface area contributed by atoms with E-state index in [-0.39, 0.29) is 12.5 Å². The standard InChI is InChI=1S/C15H21ClN2O3/c16-5-1-2-15(20)17-13-3-4-14(12(10-13)11-19)18-6-8-21-9-7-18/h3-4,10,19H,1-2,5-9,11H2,(H,17,20). The van der Waals surface area contributed by atoms with E-state index in [0.29, 0.717) is 37.6 Å². The Morgan fingerprint density at radius 2 is 2.14 bits per heavy atom. The lowest BCUT2D eigenvalue weighted by Crippen LogP contribution is -2.36. The van der Waals surface area contributed by atoms with Gasteiger partial charge >= 0.3 is 0 Å². The predicted octanol–water partition coefficient (Wildman–Crippen LogP) is 1.97. The number of rotatable bonds is 6. The largest absolute Gasteiger partial charge is 0.392 e. The number of hydrogen-bond acceptors (Lipinski definition) is 4. The normalized spacial score (nSPS) is 15.0. The Hall–Kier alpha value is -1.30. The van der Waals surface area contributed by atoms with Crippen LogP contribution in [-0.2, 0) is 16.1 Å². The molecule has 1 amide bonds. The van der Waals surface area contributed by atoms with Gasteiger partial charge in [-0.05, 0) is 24.6 Å². The van der Waals surface area contributed by atoms with Crippen molar-refractivity contribution in [1.82, 2.24) is 0 Å². The summed E-state index contributed by atoms with van der Waals surface area (Å²) in [6.45, 7) is 2.96. The van der Waals surface area contributed by atoms with E-state index in [9.17, 15) is 9.90 Å². The minimum absolute atomic E-state index is 0.0568. The predicted molar refractivity (Wildman–Crippen MR) is 84.0 cm³/mol. The van der Waals surface area contributed by atoms with Gasteiger partial charge in [-0.25, -0.2) is 0 Å². The van der Waals surface area contributed by atoms with Gasteiger partial charge in [-0.1, -0.05) is 0 Å². The van der Waals surface area contributed by atoms with Gasteiger partial charge < -0.3 is 20.1 Å². The van der Waals surface area contributed by atoms with E-state index in [4.69, 9.17) is 16.3 Å². The van der Waals surface area contributed by atoms with Crippen LogP contribution in [0.5, 0.6) is 0 Å². The first-order valence-corrected chi connectivity index (χ1v) is 7.70. The van der Waals surface area contributed by atoms with Crippen molar-refractivity contribution in [3.63, 3.8) is 0 Å². The highest BCUT2D eigenvalue weighted by atomic mass is 35.5. The number of alkyl halides is 1. The molecule has 0 bridgehead atoms. The van der Waals surface area contributed by atoms with Crippen LogP contribution in [0.1, 0.15) is 18.4 Å². The number of ether oxygens (including phenoxy) is 1. The quantitative estimate of drug-likeness (QED) is 0.788. The van der Waals surface area contributed by atoms with Crippen LogP contribution in [0.4, 0.5) is 11.4 Å². The third kappa shape index (κ3) is 4.59. The van der Waals surface area contributed by atoms with Crippen LogP contribution in [0.15, 0.2) is 18.2 Å². The summed E-state index contributed by atoms with van der Waals surface area (Å²) in [6, 6.07) is 5.62. The van der Waals surface area contributed by atoms with Gasteiger partial charge in [-0.3, -0.25) is 4.79 Å². The fraction of sp³-hybridized carbons (Fsp3) is 0.533. The van der Waals surface area contributed by atoms with E-state index in [1.807, 2.05) is 18.2 Å². The second-order valence-corrected chi connectivity index (χ2v) is 5.32. The van der Waals surface area contributed by atoms with E-state index in [1.54, 1.807) is 0 Å². The molecule has 1 aliphatic heterocycles. The fourth-order valence-corrected chi connectivity index (χ4v) is 2.49. The second kappa shape index (κ2) is 8.22. The first kappa shape index (κ1) is 16.1. The zero-order chi connectivity index (χ0) is 15.1. The maximum atomic E-state index is 11.7. The summed E-state index contributed by atoms with van der Waals surface area (Å²) in [7, 11) is 0. The van der Waals surface area contributed by atoms with Crippen molar-refractivity contribution in [2.45, 2.75) is 19.4 Å². The van der Waals surface area contributed by atoms with Crippen LogP contribution < -0.4 is 10.2 Å². The monoisotopic (exact) mass is 312 g/mol. The van der Waals surface area contributed by atoms with Crippen LogP contribution in [0.25, 0.3) is 0 Å². The second-order valence-electron chi connectivity index (χ2n) is 4.94. The fourth-order valence-electron chi connectivity index (χ4n) is 2.35. The molecular formula is C15H21ClN2O3. The van der Waals surface area contributed by atoms with E-state index < -0.39 is 0 Å². The minimum atomic E-state index is -0.0575. The molecule has 1 aliphatic rings. The molecule has 0 aromatic heterocycles. The average molecular weight is 313 g/mol. The number of anilines is 2. The molecule has 1 heterocycles. The number of nitrogens with one attached hydrogen (secondary N) is 1. The van der Waals surface area contributed by atoms with Crippen molar-refractivity contribution in [3.05, 3.63) is 23.8 Å². The molecule has 1 aromatic rings. The lowest BCUT2D eigenvalue weighted by molar-refractivity contribution is -0.116. The molecule has 0 atom stereocenters. The number of aliphatic hydroxyl groups is 1. The lowest BCUT2D eigenvalue weighted by Gasteiger charge is -2.30. The Morgan fingerprint density at radius 3 is 2.81 bits per heavy atom. The Labute approximate surface area is 129 Å². The van der Waals surface area contributed by atoms with Crippen LogP contribution in [0.3, 0.4) is 0 Å². The van der Waals surface area contributed by atoms with E-state index >= 15 is 0 Å². The number of carbonyl (C=O) groups excluding carboxylic acids is 1. The number of morpholine rings is 1. The zero-order valence-electron chi connectivity index (χ0n) is 12.0. The number of amides is 1. The topological polar surface area (TPSA) is 61.8 Å². The number of nitrogens with zero attached hydrogens (tertiary/aromatic N) is 1. The van der Waals surface area contributed by atoms with Crippen molar-refractivity contribution < 1.29 is 14.6 Å². The van der Waals surface area contributed by atoms with Crippen molar-refractivity contribution in [2.75, 3.05) is 42.4 Å². The van der Waals surface area contributed by atoms with Crippen LogP contribution in [0.2, 0.25) is 0 Å². The van der Waals surface area contributed by atoms with Crippen LogP contribution >= 0.6 is 11.6 Å². The number of aliphatic hydroxyl groups excluding tert-OH is 1. The van der Waals surface area contributed by atoms with Gasteiger partial charge in [0, 0.05) is 42.3 Å². The Kier molecular flexibility index (Phi) is 6.29. The third-order valence-corrected chi connectivity index (χ3v) is 3.69. The Balaban J connectivity index is 2.06. The molecule has 0 aliphatic carbocycles. The molecule has 5 nitrogen and oxygen atoms in total. The molecule has 1 fully saturated rings. The molecule has 21 heavy (non-hydrogen) atoms. The third-order valence-electron chi connectivity index (χ3n) is 3.42. The summed E-state index contributed by atoms with van der Waals surface area (Å²) >= 11 is 5.57. The molecule has 2 N–H and O–H groups in total. The van der Waals surface area contributed by atoms with Gasteiger partial charge in [-0.2, -0.15) is 0 Å². The molecule has 0 unspecified atom stereocenters. The summed E-state index contributed by atoms with van der Waals surface area (Å²) in [4.78, 5) is 13.9. The highest BCUT2D eigenvalue weighted by Crippen LogP contribution is 2.25. The molecule has 6 heteroatoms. The first-order valence-electron chi connectivity index (χ1n) is 7.17. The number of carbonyl (C=O) groups is 1. The molecule has 1 aromatic carbocycles. The van der Waals surface area contributed by atoms with Crippen molar-refractivity contribution in [3.8, 4) is 0 Å². The highest BCUT2D eigenvalue weighted by molar-refractivity contribution is 6.18. The van der Waals surface area contributed by atoms with E-state index in [0.717, 1.165) is 24.3 Å². The van der Waals surface area contributed by atoms with Crippen LogP contribution in [-0.4, -0.2) is 43.2 Å². The lowest BCUT2D eigenvalue weighted by atomic mass is 10.1. The Morgan fingerprint density at radius 1 is 1.38 bits per heavy atom. The van der Waals surface area contributed by atoms with Gasteiger partial charge in [0.05, 0.1) is 19.8 Å². The highest BCUT2D eigenvalue weighted by Gasteiger charge is 2.15. The molecule has 2 rings (SSSR count). The van der Waals surface area contributed by atoms with Gasteiger partial charge in [0.2, 0.25) is 5.91 Å². The maximum Gasteiger partial charge on any atom is 0.224 e. The van der Waals surface area contributed by atoms with E-state index in [2.05, 4.69) is 10.2 Å². The SMILES string of the molecule is O=C(CCCCl)Nc1ccc(N2CCOCC2)c(CO)c1. The first-order chi connectivity index (χ1) is 10.2. The van der Waals surface area contributed by atoms with E-state index in [1.165, 1.54) is 0 Å². The number of benzene rings is 1. The molecule has 1 saturated heterocycles. The average Bonchev–Trinajstić information content (AvgIpc) is 2.53. The van der Waals surface area contributed by atoms with Gasteiger partial charge in [0.1, 0.15) is 0 Å². The molecule has 116 valence electrons. The summed E-state index contributed by atoms with van der Waals surface area (Å²) in [5.74, 6) is 0.421. The molecule has 0 saturated carbocycles. The smallest absolute Gasteiger partial charge is 0.224 e. The molecular weight excluding hydrogens is 292 g/mol. The molecule has 0 spiro atoms. The van der Waals surface area contributed by atoms with Crippen LogP contribution in [0, 0.1) is 0 Å². The van der Waals surface area contributed by atoms with Gasteiger partial charge in [0.15, 0.2) is 0 Å². The van der Waals surface area contributed by atoms with Crippen molar-refractivity contribution in [2.24, 2.45) is 0 Å². The summed E-state index contributed by atoms with van der Waals surface area (Å²) < 4.78 is 5.34. The minimum Gasteiger partial charge on any atom is -0.392 e. The molecule has 0 radical (unpaired) electrons. The summed E-state index contributed by atoms with van der Waals surface area (Å²) in [6.07, 6.45) is 1.06. The van der Waals surface area contributed by atoms with Gasteiger partial charge in [0.25, 0.3) is 0 Å². The number of halogens is 1. The maximum absolute atomic E-state index is 11.7. The zero-order valence-corrected chi connectivity index (χ0v) is 12.7. The van der Waals surface area contributed by atoms with Crippen molar-refractivity contribution >= 4 is 28.9 Å². The summed E-state index contributed by atoms with van der Waals surface area (Å²) in [5, 5.41) is 12.4. The summed E-state index contributed by atoms with van der Waals surface area (Å²) in [5.41, 5.74) is 2.52. The Bertz CT molecular complexity index is 476. The van der Waals surface area contributed by atoms with Gasteiger partial charge in [-0.15, -0.1) is 11.6 Å². The van der Waals surface area contributed by atoms with Crippen molar-refractivity contribution in [1.29, 1.82) is 0 Å².